The summed E-state index contributed by atoms with van der Waals surface area (Å²) in [5.74, 6) is -5.54. The fraction of sp³-hybridized carbons (Fsp3) is 0.571. The number of nitrogens with two attached hydrogens (primary N) is 3. The Bertz CT molecular complexity index is 1650. The summed E-state index contributed by atoms with van der Waals surface area (Å²) >= 11 is 0. The summed E-state index contributed by atoms with van der Waals surface area (Å²) in [6.45, 7) is 12.0. The second kappa shape index (κ2) is 22.9. The van der Waals surface area contributed by atoms with Crippen LogP contribution in [0.15, 0.2) is 54.6 Å². The van der Waals surface area contributed by atoms with Gasteiger partial charge in [-0.1, -0.05) is 102 Å². The van der Waals surface area contributed by atoms with Crippen molar-refractivity contribution in [2.45, 2.75) is 117 Å². The molecule has 6 amide bonds. The van der Waals surface area contributed by atoms with Gasteiger partial charge in [-0.2, -0.15) is 0 Å². The molecule has 57 heavy (non-hydrogen) atoms. The molecule has 2 aromatic rings. The predicted octanol–water partition coefficient (Wildman–Crippen LogP) is 3.06. The normalized spacial score (nSPS) is 15.1. The zero-order valence-electron chi connectivity index (χ0n) is 34.8. The van der Waals surface area contributed by atoms with E-state index in [4.69, 9.17) is 21.9 Å². The van der Waals surface area contributed by atoms with Gasteiger partial charge >= 0.3 is 6.09 Å². The Morgan fingerprint density at radius 2 is 1.47 bits per heavy atom. The minimum atomic E-state index is -1.99. The Morgan fingerprint density at radius 3 is 2.02 bits per heavy atom. The first kappa shape index (κ1) is 48.4. The number of nitrogens with zero attached hydrogens (tertiary/aromatic N) is 2. The Labute approximate surface area is 337 Å². The number of unbranched alkanes of at least 4 members (excludes halogenated alkanes) is 2. The van der Waals surface area contributed by atoms with Gasteiger partial charge in [0.05, 0.1) is 11.6 Å². The lowest BCUT2D eigenvalue weighted by Gasteiger charge is -2.40. The van der Waals surface area contributed by atoms with E-state index in [9.17, 15) is 33.9 Å². The van der Waals surface area contributed by atoms with Gasteiger partial charge in [0.1, 0.15) is 18.7 Å². The van der Waals surface area contributed by atoms with Crippen molar-refractivity contribution in [2.24, 2.45) is 35.0 Å². The molecule has 9 N–H and O–H groups in total. The van der Waals surface area contributed by atoms with Crippen LogP contribution >= 0.6 is 0 Å². The molecule has 0 bridgehead atoms. The van der Waals surface area contributed by atoms with Crippen LogP contribution in [0.3, 0.4) is 0 Å². The van der Waals surface area contributed by atoms with Crippen molar-refractivity contribution in [2.75, 3.05) is 19.7 Å². The first-order chi connectivity index (χ1) is 26.8. The highest BCUT2D eigenvalue weighted by Crippen LogP contribution is 2.26. The number of aliphatic hydroxyl groups is 1. The summed E-state index contributed by atoms with van der Waals surface area (Å²) < 4.78 is 5.57. The quantitative estimate of drug-likeness (QED) is 0.100. The summed E-state index contributed by atoms with van der Waals surface area (Å²) in [4.78, 5) is 83.9. The molecule has 2 aromatic carbocycles. The molecule has 0 aliphatic rings. The number of carbonyl (C=O) groups excluding carboxylic acids is 6. The topological polar surface area (TPSA) is 240 Å². The molecule has 0 heterocycles. The van der Waals surface area contributed by atoms with E-state index < -0.39 is 90.3 Å². The van der Waals surface area contributed by atoms with Crippen LogP contribution in [0.5, 0.6) is 0 Å². The number of ether oxygens (including phenoxy) is 1. The minimum absolute atomic E-state index is 0.0218. The van der Waals surface area contributed by atoms with Gasteiger partial charge in [0.2, 0.25) is 29.5 Å². The number of hydrogen-bond donors (Lipinski definition) is 6. The van der Waals surface area contributed by atoms with Gasteiger partial charge < -0.3 is 37.7 Å². The molecule has 6 atom stereocenters. The SMILES string of the molecule is CCCCCC(=O)N(C(=O)[C@](C)(N)C(CO)CNC(=O)[C@H](C)N(C(=O)OCc1ccccc1-c1ccccc1)C(=O)[C@H](C)N)[C@H](C(=O)NC(CN)C(C)C)C(C)C. The second-order valence-electron chi connectivity index (χ2n) is 15.5. The molecular formula is C42H65N7O8. The highest BCUT2D eigenvalue weighted by molar-refractivity contribution is 6.04. The largest absolute Gasteiger partial charge is 0.444 e. The van der Waals surface area contributed by atoms with Crippen LogP contribution in [0.1, 0.15) is 86.6 Å². The van der Waals surface area contributed by atoms with E-state index >= 15 is 0 Å². The molecule has 15 heteroatoms. The first-order valence-corrected chi connectivity index (χ1v) is 19.8. The third kappa shape index (κ3) is 13.2. The third-order valence-electron chi connectivity index (χ3n) is 10.1. The number of hydrogen-bond acceptors (Lipinski definition) is 11. The first-order valence-electron chi connectivity index (χ1n) is 19.8. The van der Waals surface area contributed by atoms with Gasteiger partial charge in [-0.05, 0) is 55.7 Å². The average Bonchev–Trinajstić information content (AvgIpc) is 3.17. The molecule has 0 aliphatic carbocycles. The number of nitrogens with one attached hydrogen (secondary N) is 2. The molecule has 0 aliphatic heterocycles. The summed E-state index contributed by atoms with van der Waals surface area (Å²) in [6, 6.07) is 12.4. The van der Waals surface area contributed by atoms with Crippen LogP contribution < -0.4 is 27.8 Å². The third-order valence-corrected chi connectivity index (χ3v) is 10.1. The van der Waals surface area contributed by atoms with Crippen LogP contribution in [-0.2, 0) is 35.3 Å². The number of rotatable bonds is 21. The fourth-order valence-corrected chi connectivity index (χ4v) is 6.33. The van der Waals surface area contributed by atoms with Crippen molar-refractivity contribution >= 4 is 35.6 Å². The van der Waals surface area contributed by atoms with Crippen molar-refractivity contribution in [3.8, 4) is 11.1 Å². The highest BCUT2D eigenvalue weighted by atomic mass is 16.6. The summed E-state index contributed by atoms with van der Waals surface area (Å²) in [6.07, 6.45) is 0.876. The molecule has 0 saturated heterocycles. The Morgan fingerprint density at radius 1 is 0.860 bits per heavy atom. The minimum Gasteiger partial charge on any atom is -0.444 e. The number of carbonyl (C=O) groups is 6. The van der Waals surface area contributed by atoms with Crippen LogP contribution in [0, 0.1) is 17.8 Å². The van der Waals surface area contributed by atoms with Gasteiger partial charge in [0.25, 0.3) is 0 Å². The van der Waals surface area contributed by atoms with Crippen molar-refractivity contribution < 1.29 is 38.6 Å². The lowest BCUT2D eigenvalue weighted by Crippen LogP contribution is -2.67. The van der Waals surface area contributed by atoms with Crippen molar-refractivity contribution in [1.82, 2.24) is 20.4 Å². The number of amides is 6. The molecule has 0 fully saturated rings. The zero-order valence-corrected chi connectivity index (χ0v) is 34.8. The number of benzene rings is 2. The van der Waals surface area contributed by atoms with Gasteiger partial charge in [0.15, 0.2) is 0 Å². The van der Waals surface area contributed by atoms with E-state index in [1.54, 1.807) is 26.0 Å². The maximum absolute atomic E-state index is 14.4. The van der Waals surface area contributed by atoms with Crippen molar-refractivity contribution in [1.29, 1.82) is 0 Å². The monoisotopic (exact) mass is 795 g/mol. The Kier molecular flexibility index (Phi) is 19.5. The Balaban J connectivity index is 2.35. The molecule has 0 radical (unpaired) electrons. The standard InChI is InChI=1S/C42H65N7O8/c1-9-10-12-21-35(51)49(36(27(4)5)38(53)47-34(22-43)26(2)3)40(55)42(8,45)32(24-50)23-46-37(52)29(7)48(39(54)28(6)44)41(56)57-25-31-19-15-16-20-33(31)30-17-13-11-14-18-30/h11,13-20,26-29,32,34,36,50H,9-10,12,21-25,43-45H2,1-8H3,(H,46,52)(H,47,53)/t28-,29-,32?,34?,36-,42+/m0/s1. The lowest BCUT2D eigenvalue weighted by atomic mass is 9.84. The van der Waals surface area contributed by atoms with E-state index in [2.05, 4.69) is 10.6 Å². The smallest absolute Gasteiger partial charge is 0.417 e. The molecule has 2 rings (SSSR count). The Hall–Kier alpha value is -4.70. The second-order valence-corrected chi connectivity index (χ2v) is 15.5. The van der Waals surface area contributed by atoms with Gasteiger partial charge in [-0.15, -0.1) is 0 Å². The van der Waals surface area contributed by atoms with Gasteiger partial charge in [-0.25, -0.2) is 9.69 Å². The van der Waals surface area contributed by atoms with Crippen LogP contribution in [0.2, 0.25) is 0 Å². The molecule has 0 spiro atoms. The lowest BCUT2D eigenvalue weighted by molar-refractivity contribution is -0.158. The highest BCUT2D eigenvalue weighted by Gasteiger charge is 2.47. The molecule has 15 nitrogen and oxygen atoms in total. The maximum atomic E-state index is 14.4. The van der Waals surface area contributed by atoms with Gasteiger partial charge in [0, 0.05) is 38.1 Å². The van der Waals surface area contributed by atoms with E-state index in [1.807, 2.05) is 63.2 Å². The average molecular weight is 796 g/mol. The summed E-state index contributed by atoms with van der Waals surface area (Å²) in [5, 5.41) is 16.0. The maximum Gasteiger partial charge on any atom is 0.417 e. The summed E-state index contributed by atoms with van der Waals surface area (Å²) in [5.41, 5.74) is 18.8. The van der Waals surface area contributed by atoms with Crippen molar-refractivity contribution in [3.63, 3.8) is 0 Å². The zero-order chi connectivity index (χ0) is 43.0. The fourth-order valence-electron chi connectivity index (χ4n) is 6.33. The summed E-state index contributed by atoms with van der Waals surface area (Å²) in [7, 11) is 0. The molecular weight excluding hydrogens is 731 g/mol. The molecule has 316 valence electrons. The predicted molar refractivity (Wildman–Crippen MR) is 219 cm³/mol. The molecule has 2 unspecified atom stereocenters. The van der Waals surface area contributed by atoms with Crippen LogP contribution in [-0.4, -0.2) is 99.9 Å². The van der Waals surface area contributed by atoms with E-state index in [-0.39, 0.29) is 25.5 Å². The van der Waals surface area contributed by atoms with Crippen molar-refractivity contribution in [3.05, 3.63) is 60.2 Å². The number of aliphatic hydroxyl groups excluding tert-OH is 1. The van der Waals surface area contributed by atoms with Gasteiger partial charge in [-0.3, -0.25) is 28.9 Å². The molecule has 0 saturated carbocycles. The van der Waals surface area contributed by atoms with Crippen LogP contribution in [0.25, 0.3) is 11.1 Å². The van der Waals surface area contributed by atoms with Crippen LogP contribution in [0.4, 0.5) is 4.79 Å². The van der Waals surface area contributed by atoms with E-state index in [1.165, 1.54) is 20.8 Å². The molecule has 0 aromatic heterocycles. The van der Waals surface area contributed by atoms with E-state index in [0.29, 0.717) is 16.9 Å². The number of imide groups is 2. The van der Waals surface area contributed by atoms with E-state index in [0.717, 1.165) is 28.9 Å².